The molecule has 0 saturated heterocycles. The van der Waals surface area contributed by atoms with Crippen molar-refractivity contribution in [1.82, 2.24) is 14.9 Å². The number of carbonyl (C=O) groups excluding carboxylic acids is 1. The van der Waals surface area contributed by atoms with E-state index in [0.717, 1.165) is 22.4 Å². The van der Waals surface area contributed by atoms with E-state index in [-0.39, 0.29) is 5.91 Å². The van der Waals surface area contributed by atoms with Crippen LogP contribution in [0.1, 0.15) is 30.1 Å². The fraction of sp³-hybridized carbons (Fsp3) is 0.263. The van der Waals surface area contributed by atoms with Gasteiger partial charge in [0, 0.05) is 12.5 Å². The van der Waals surface area contributed by atoms with E-state index in [1.165, 1.54) is 12.8 Å². The number of hydrogen-bond acceptors (Lipinski definition) is 2. The molecular weight excluding hydrogens is 286 g/mol. The Balaban J connectivity index is 1.52. The molecule has 0 spiro atoms. The third-order valence-electron chi connectivity index (χ3n) is 4.26. The number of benzene rings is 2. The lowest BCUT2D eigenvalue weighted by Crippen LogP contribution is -2.27. The molecule has 0 bridgehead atoms. The summed E-state index contributed by atoms with van der Waals surface area (Å²) in [6, 6.07) is 18.0. The lowest BCUT2D eigenvalue weighted by Gasteiger charge is -2.10. The molecule has 1 aliphatic rings. The predicted molar refractivity (Wildman–Crippen MR) is 90.0 cm³/mol. The van der Waals surface area contributed by atoms with Gasteiger partial charge >= 0.3 is 0 Å². The second-order valence-electron chi connectivity index (χ2n) is 6.08. The van der Waals surface area contributed by atoms with E-state index >= 15 is 0 Å². The van der Waals surface area contributed by atoms with Crippen molar-refractivity contribution in [3.63, 3.8) is 0 Å². The minimum absolute atomic E-state index is 0.0268. The largest absolute Gasteiger partial charge is 0.350 e. The molecule has 1 fully saturated rings. The Morgan fingerprint density at radius 1 is 1.09 bits per heavy atom. The van der Waals surface area contributed by atoms with Crippen molar-refractivity contribution >= 4 is 16.9 Å². The van der Waals surface area contributed by atoms with Crippen molar-refractivity contribution in [3.8, 4) is 0 Å². The quantitative estimate of drug-likeness (QED) is 0.786. The summed E-state index contributed by atoms with van der Waals surface area (Å²) in [5.74, 6) is 1.60. The van der Waals surface area contributed by atoms with Crippen LogP contribution >= 0.6 is 0 Å². The molecule has 0 unspecified atom stereocenters. The molecule has 1 heterocycles. The van der Waals surface area contributed by atoms with E-state index < -0.39 is 0 Å². The highest BCUT2D eigenvalue weighted by atomic mass is 16.1. The van der Waals surface area contributed by atoms with Crippen molar-refractivity contribution in [3.05, 3.63) is 66.0 Å². The molecule has 4 nitrogen and oxygen atoms in total. The Kier molecular flexibility index (Phi) is 3.58. The van der Waals surface area contributed by atoms with Crippen molar-refractivity contribution in [2.24, 2.45) is 0 Å². The fourth-order valence-corrected chi connectivity index (χ4v) is 2.91. The number of amides is 1. The first-order valence-corrected chi connectivity index (χ1v) is 8.07. The molecule has 23 heavy (non-hydrogen) atoms. The minimum Gasteiger partial charge on any atom is -0.350 e. The number of fused-ring (bicyclic) bond motifs is 1. The summed E-state index contributed by atoms with van der Waals surface area (Å²) in [6.07, 6.45) is 2.35. The zero-order chi connectivity index (χ0) is 15.6. The maximum absolute atomic E-state index is 12.4. The van der Waals surface area contributed by atoms with Crippen LogP contribution in [-0.4, -0.2) is 15.5 Å². The Hall–Kier alpha value is -2.62. The van der Waals surface area contributed by atoms with Gasteiger partial charge in [0.1, 0.15) is 12.4 Å². The second kappa shape index (κ2) is 5.88. The van der Waals surface area contributed by atoms with Crippen LogP contribution in [0.3, 0.4) is 0 Å². The van der Waals surface area contributed by atoms with Crippen molar-refractivity contribution in [1.29, 1.82) is 0 Å². The molecule has 0 aliphatic heterocycles. The first-order chi connectivity index (χ1) is 11.3. The summed E-state index contributed by atoms with van der Waals surface area (Å²) in [5.41, 5.74) is 3.13. The minimum atomic E-state index is 0.0268. The average molecular weight is 305 g/mol. The molecule has 1 aromatic heterocycles. The van der Waals surface area contributed by atoms with Crippen LogP contribution < -0.4 is 5.32 Å². The summed E-state index contributed by atoms with van der Waals surface area (Å²) in [5, 5.41) is 3.00. The molecule has 4 rings (SSSR count). The third-order valence-corrected chi connectivity index (χ3v) is 4.26. The summed E-state index contributed by atoms with van der Waals surface area (Å²) in [4.78, 5) is 17.1. The van der Waals surface area contributed by atoms with Gasteiger partial charge in [0.25, 0.3) is 0 Å². The molecule has 1 N–H and O–H groups in total. The lowest BCUT2D eigenvalue weighted by molar-refractivity contribution is -0.121. The highest BCUT2D eigenvalue weighted by Crippen LogP contribution is 2.40. The van der Waals surface area contributed by atoms with Crippen LogP contribution in [0.15, 0.2) is 54.6 Å². The Bertz CT molecular complexity index is 834. The van der Waals surface area contributed by atoms with Crippen molar-refractivity contribution in [2.75, 3.05) is 0 Å². The summed E-state index contributed by atoms with van der Waals surface area (Å²) < 4.78 is 2.08. The predicted octanol–water partition coefficient (Wildman–Crippen LogP) is 3.23. The SMILES string of the molecule is O=C(Cn1c(C2CC2)nc2ccccc21)NCc1ccccc1. The first kappa shape index (κ1) is 14.0. The third kappa shape index (κ3) is 2.97. The van der Waals surface area contributed by atoms with Gasteiger partial charge in [-0.3, -0.25) is 4.79 Å². The fourth-order valence-electron chi connectivity index (χ4n) is 2.91. The van der Waals surface area contributed by atoms with Crippen LogP contribution in [0.4, 0.5) is 0 Å². The molecular formula is C19H19N3O. The topological polar surface area (TPSA) is 46.9 Å². The van der Waals surface area contributed by atoms with E-state index in [2.05, 4.69) is 9.88 Å². The molecule has 3 aromatic rings. The number of aromatic nitrogens is 2. The highest BCUT2D eigenvalue weighted by Gasteiger charge is 2.30. The van der Waals surface area contributed by atoms with Gasteiger partial charge in [-0.15, -0.1) is 0 Å². The van der Waals surface area contributed by atoms with Gasteiger partial charge in [-0.2, -0.15) is 0 Å². The van der Waals surface area contributed by atoms with Crippen LogP contribution in [-0.2, 0) is 17.9 Å². The standard InChI is InChI=1S/C19H19N3O/c23-18(20-12-14-6-2-1-3-7-14)13-22-17-9-5-4-8-16(17)21-19(22)15-10-11-15/h1-9,15H,10-13H2,(H,20,23). The molecule has 4 heteroatoms. The van der Waals surface area contributed by atoms with Gasteiger partial charge in [-0.05, 0) is 30.5 Å². The van der Waals surface area contributed by atoms with E-state index in [1.807, 2.05) is 54.6 Å². The number of carbonyl (C=O) groups is 1. The van der Waals surface area contributed by atoms with E-state index in [1.54, 1.807) is 0 Å². The first-order valence-electron chi connectivity index (χ1n) is 8.07. The molecule has 2 aromatic carbocycles. The van der Waals surface area contributed by atoms with Gasteiger partial charge < -0.3 is 9.88 Å². The Morgan fingerprint density at radius 2 is 1.83 bits per heavy atom. The zero-order valence-electron chi connectivity index (χ0n) is 12.9. The molecule has 116 valence electrons. The summed E-state index contributed by atoms with van der Waals surface area (Å²) >= 11 is 0. The Morgan fingerprint density at radius 3 is 2.61 bits per heavy atom. The maximum Gasteiger partial charge on any atom is 0.240 e. The van der Waals surface area contributed by atoms with Gasteiger partial charge in [-0.25, -0.2) is 4.98 Å². The average Bonchev–Trinajstić information content (AvgIpc) is 3.37. The lowest BCUT2D eigenvalue weighted by atomic mass is 10.2. The molecule has 0 atom stereocenters. The van der Waals surface area contributed by atoms with Crippen LogP contribution in [0.5, 0.6) is 0 Å². The molecule has 1 saturated carbocycles. The normalized spacial score (nSPS) is 14.1. The van der Waals surface area contributed by atoms with Gasteiger partial charge in [0.2, 0.25) is 5.91 Å². The van der Waals surface area contributed by atoms with Gasteiger partial charge in [0.05, 0.1) is 11.0 Å². The van der Waals surface area contributed by atoms with E-state index in [0.29, 0.717) is 19.0 Å². The smallest absolute Gasteiger partial charge is 0.240 e. The summed E-state index contributed by atoms with van der Waals surface area (Å²) in [7, 11) is 0. The monoisotopic (exact) mass is 305 g/mol. The molecule has 1 amide bonds. The Labute approximate surface area is 135 Å². The van der Waals surface area contributed by atoms with E-state index in [9.17, 15) is 4.79 Å². The highest BCUT2D eigenvalue weighted by molar-refractivity contribution is 5.81. The van der Waals surface area contributed by atoms with Crippen LogP contribution in [0.25, 0.3) is 11.0 Å². The summed E-state index contributed by atoms with van der Waals surface area (Å²) in [6.45, 7) is 0.893. The molecule has 0 radical (unpaired) electrons. The number of rotatable bonds is 5. The number of nitrogens with zero attached hydrogens (tertiary/aromatic N) is 2. The van der Waals surface area contributed by atoms with Crippen LogP contribution in [0.2, 0.25) is 0 Å². The second-order valence-corrected chi connectivity index (χ2v) is 6.08. The number of nitrogens with one attached hydrogen (secondary N) is 1. The number of imidazole rings is 1. The zero-order valence-corrected chi connectivity index (χ0v) is 12.9. The van der Waals surface area contributed by atoms with Gasteiger partial charge in [0.15, 0.2) is 0 Å². The van der Waals surface area contributed by atoms with Crippen molar-refractivity contribution < 1.29 is 4.79 Å². The number of para-hydroxylation sites is 2. The number of hydrogen-bond donors (Lipinski definition) is 1. The maximum atomic E-state index is 12.4. The van der Waals surface area contributed by atoms with Crippen LogP contribution in [0, 0.1) is 0 Å². The van der Waals surface area contributed by atoms with Crippen molar-refractivity contribution in [2.45, 2.75) is 31.8 Å². The molecule has 1 aliphatic carbocycles. The van der Waals surface area contributed by atoms with Gasteiger partial charge in [-0.1, -0.05) is 42.5 Å². The van der Waals surface area contributed by atoms with E-state index in [4.69, 9.17) is 4.98 Å².